The van der Waals surface area contributed by atoms with Crippen molar-refractivity contribution in [2.45, 2.75) is 6.36 Å². The van der Waals surface area contributed by atoms with Gasteiger partial charge in [0, 0.05) is 6.07 Å². The molecule has 1 rings (SSSR count). The van der Waals surface area contributed by atoms with Gasteiger partial charge in [0.25, 0.3) is 0 Å². The molecule has 1 aromatic rings. The second-order valence-electron chi connectivity index (χ2n) is 2.39. The average Bonchev–Trinajstić information content (AvgIpc) is 2.01. The minimum Gasteiger partial charge on any atom is -0.507 e. The molecule has 0 bridgehead atoms. The minimum absolute atomic E-state index is 0.0977. The first-order chi connectivity index (χ1) is 6.42. The number of carbonyl (C=O) groups is 1. The average molecular weight is 206 g/mol. The van der Waals surface area contributed by atoms with Crippen molar-refractivity contribution in [1.82, 2.24) is 0 Å². The van der Waals surface area contributed by atoms with Gasteiger partial charge in [0.2, 0.25) is 0 Å². The third-order valence-electron chi connectivity index (χ3n) is 1.36. The molecular weight excluding hydrogens is 201 g/mol. The van der Waals surface area contributed by atoms with Crippen molar-refractivity contribution in [1.29, 1.82) is 0 Å². The molecule has 1 aromatic carbocycles. The van der Waals surface area contributed by atoms with Crippen molar-refractivity contribution in [2.24, 2.45) is 0 Å². The van der Waals surface area contributed by atoms with E-state index in [0.717, 1.165) is 18.2 Å². The van der Waals surface area contributed by atoms with Crippen LogP contribution in [0.15, 0.2) is 18.2 Å². The highest BCUT2D eigenvalue weighted by molar-refractivity contribution is 5.79. The second-order valence-corrected chi connectivity index (χ2v) is 2.39. The molecule has 0 atom stereocenters. The molecule has 0 aliphatic carbocycles. The molecule has 0 saturated carbocycles. The van der Waals surface area contributed by atoms with Crippen molar-refractivity contribution in [3.8, 4) is 11.5 Å². The van der Waals surface area contributed by atoms with Crippen molar-refractivity contribution < 1.29 is 27.8 Å². The maximum absolute atomic E-state index is 11.7. The third-order valence-corrected chi connectivity index (χ3v) is 1.36. The van der Waals surface area contributed by atoms with Gasteiger partial charge in [0.15, 0.2) is 6.29 Å². The Hall–Kier alpha value is -1.72. The summed E-state index contributed by atoms with van der Waals surface area (Å²) in [6.07, 6.45) is -4.48. The molecule has 0 fully saturated rings. The van der Waals surface area contributed by atoms with Crippen LogP contribution in [-0.2, 0) is 0 Å². The highest BCUT2D eigenvalue weighted by Gasteiger charge is 2.31. The summed E-state index contributed by atoms with van der Waals surface area (Å²) in [5.41, 5.74) is -0.0977. The number of phenols is 1. The molecule has 0 unspecified atom stereocenters. The zero-order valence-electron chi connectivity index (χ0n) is 6.71. The van der Waals surface area contributed by atoms with Crippen molar-refractivity contribution >= 4 is 6.29 Å². The molecular formula is C8H5F3O3. The number of phenolic OH excluding ortho intramolecular Hbond substituents is 1. The summed E-state index contributed by atoms with van der Waals surface area (Å²) >= 11 is 0. The molecule has 0 amide bonds. The van der Waals surface area contributed by atoms with E-state index in [-0.39, 0.29) is 5.56 Å². The van der Waals surface area contributed by atoms with Gasteiger partial charge in [-0.25, -0.2) is 0 Å². The zero-order chi connectivity index (χ0) is 10.8. The fourth-order valence-corrected chi connectivity index (χ4v) is 0.820. The summed E-state index contributed by atoms with van der Waals surface area (Å²) in [5.74, 6) is -1.12. The van der Waals surface area contributed by atoms with Crippen molar-refractivity contribution in [3.05, 3.63) is 23.8 Å². The molecule has 0 aliphatic rings. The van der Waals surface area contributed by atoms with Crippen LogP contribution in [0.25, 0.3) is 0 Å². The predicted molar refractivity (Wildman–Crippen MR) is 40.2 cm³/mol. The van der Waals surface area contributed by atoms with Crippen LogP contribution in [0.2, 0.25) is 0 Å². The van der Waals surface area contributed by atoms with E-state index in [1.165, 1.54) is 0 Å². The SMILES string of the molecule is O=Cc1ccc(OC(F)(F)F)cc1O. The number of ether oxygens (including phenoxy) is 1. The van der Waals surface area contributed by atoms with Crippen molar-refractivity contribution in [3.63, 3.8) is 0 Å². The molecule has 14 heavy (non-hydrogen) atoms. The van der Waals surface area contributed by atoms with Gasteiger partial charge in [-0.15, -0.1) is 13.2 Å². The van der Waals surface area contributed by atoms with E-state index in [0.29, 0.717) is 6.29 Å². The Morgan fingerprint density at radius 2 is 2.00 bits per heavy atom. The van der Waals surface area contributed by atoms with E-state index < -0.39 is 17.9 Å². The number of alkyl halides is 3. The maximum Gasteiger partial charge on any atom is 0.573 e. The first-order valence-electron chi connectivity index (χ1n) is 3.46. The molecule has 0 aliphatic heterocycles. The van der Waals surface area contributed by atoms with Gasteiger partial charge in [-0.3, -0.25) is 4.79 Å². The first kappa shape index (κ1) is 10.4. The fraction of sp³-hybridized carbons (Fsp3) is 0.125. The van der Waals surface area contributed by atoms with E-state index >= 15 is 0 Å². The van der Waals surface area contributed by atoms with Crippen LogP contribution in [0.3, 0.4) is 0 Å². The standard InChI is InChI=1S/C8H5F3O3/c9-8(10,11)14-6-2-1-5(4-12)7(13)3-6/h1-4,13H. The molecule has 0 spiro atoms. The molecule has 6 heteroatoms. The Kier molecular flexibility index (Phi) is 2.64. The van der Waals surface area contributed by atoms with E-state index in [4.69, 9.17) is 5.11 Å². The number of aromatic hydroxyl groups is 1. The summed E-state index contributed by atoms with van der Waals surface area (Å²) in [6, 6.07) is 2.69. The number of hydrogen-bond donors (Lipinski definition) is 1. The zero-order valence-corrected chi connectivity index (χ0v) is 6.71. The number of halogens is 3. The van der Waals surface area contributed by atoms with Crippen LogP contribution in [0.1, 0.15) is 10.4 Å². The van der Waals surface area contributed by atoms with Crippen LogP contribution in [0, 0.1) is 0 Å². The Balaban J connectivity index is 2.92. The lowest BCUT2D eigenvalue weighted by atomic mass is 10.2. The lowest BCUT2D eigenvalue weighted by molar-refractivity contribution is -0.274. The topological polar surface area (TPSA) is 46.5 Å². The highest BCUT2D eigenvalue weighted by atomic mass is 19.4. The van der Waals surface area contributed by atoms with Crippen LogP contribution >= 0.6 is 0 Å². The summed E-state index contributed by atoms with van der Waals surface area (Å²) in [6.45, 7) is 0. The Morgan fingerprint density at radius 3 is 2.43 bits per heavy atom. The Morgan fingerprint density at radius 1 is 1.36 bits per heavy atom. The van der Waals surface area contributed by atoms with Crippen molar-refractivity contribution in [2.75, 3.05) is 0 Å². The second kappa shape index (κ2) is 3.57. The predicted octanol–water partition coefficient (Wildman–Crippen LogP) is 2.10. The molecule has 0 heterocycles. The van der Waals surface area contributed by atoms with Crippen LogP contribution < -0.4 is 4.74 Å². The molecule has 0 saturated heterocycles. The van der Waals surface area contributed by atoms with E-state index in [9.17, 15) is 18.0 Å². The number of aldehydes is 1. The fourth-order valence-electron chi connectivity index (χ4n) is 0.820. The molecule has 76 valence electrons. The smallest absolute Gasteiger partial charge is 0.507 e. The number of hydrogen-bond acceptors (Lipinski definition) is 3. The van der Waals surface area contributed by atoms with Crippen LogP contribution in [0.4, 0.5) is 13.2 Å². The molecule has 0 radical (unpaired) electrons. The van der Waals surface area contributed by atoms with Gasteiger partial charge in [0.1, 0.15) is 11.5 Å². The summed E-state index contributed by atoms with van der Waals surface area (Å²) < 4.78 is 38.6. The van der Waals surface area contributed by atoms with Gasteiger partial charge >= 0.3 is 6.36 Å². The van der Waals surface area contributed by atoms with Crippen LogP contribution in [0.5, 0.6) is 11.5 Å². The lowest BCUT2D eigenvalue weighted by Gasteiger charge is -2.08. The Labute approximate surface area is 76.7 Å². The number of rotatable bonds is 2. The molecule has 1 N–H and O–H groups in total. The van der Waals surface area contributed by atoms with Gasteiger partial charge < -0.3 is 9.84 Å². The Bertz CT molecular complexity index is 346. The van der Waals surface area contributed by atoms with E-state index in [2.05, 4.69) is 4.74 Å². The first-order valence-corrected chi connectivity index (χ1v) is 3.46. The molecule has 3 nitrogen and oxygen atoms in total. The summed E-state index contributed by atoms with van der Waals surface area (Å²) in [7, 11) is 0. The largest absolute Gasteiger partial charge is 0.573 e. The van der Waals surface area contributed by atoms with Gasteiger partial charge in [-0.1, -0.05) is 0 Å². The molecule has 0 aromatic heterocycles. The van der Waals surface area contributed by atoms with Gasteiger partial charge in [0.05, 0.1) is 5.56 Å². The van der Waals surface area contributed by atoms with Gasteiger partial charge in [-0.2, -0.15) is 0 Å². The minimum atomic E-state index is -4.81. The summed E-state index contributed by atoms with van der Waals surface area (Å²) in [5, 5.41) is 9.01. The number of benzene rings is 1. The van der Waals surface area contributed by atoms with Gasteiger partial charge in [-0.05, 0) is 12.1 Å². The summed E-state index contributed by atoms with van der Waals surface area (Å²) in [4.78, 5) is 10.2. The normalized spacial score (nSPS) is 11.1. The lowest BCUT2D eigenvalue weighted by Crippen LogP contribution is -2.17. The van der Waals surface area contributed by atoms with Crippen LogP contribution in [-0.4, -0.2) is 17.8 Å². The van der Waals surface area contributed by atoms with E-state index in [1.807, 2.05) is 0 Å². The highest BCUT2D eigenvalue weighted by Crippen LogP contribution is 2.27. The maximum atomic E-state index is 11.7. The number of carbonyl (C=O) groups excluding carboxylic acids is 1. The third kappa shape index (κ3) is 2.65. The quantitative estimate of drug-likeness (QED) is 0.753. The monoisotopic (exact) mass is 206 g/mol. The van der Waals surface area contributed by atoms with E-state index in [1.54, 1.807) is 0 Å².